The number of ether oxygens (including phenoxy) is 1. The zero-order valence-electron chi connectivity index (χ0n) is 13.2. The summed E-state index contributed by atoms with van der Waals surface area (Å²) in [6.45, 7) is 3.90. The van der Waals surface area contributed by atoms with E-state index in [4.69, 9.17) is 22.1 Å². The highest BCUT2D eigenvalue weighted by Gasteiger charge is 2.21. The third-order valence-electron chi connectivity index (χ3n) is 3.55. The van der Waals surface area contributed by atoms with Crippen LogP contribution in [-0.2, 0) is 4.74 Å². The van der Waals surface area contributed by atoms with Crippen LogP contribution in [0.4, 0.5) is 5.82 Å². The van der Waals surface area contributed by atoms with Gasteiger partial charge in [-0.05, 0) is 31.5 Å². The molecule has 2 N–H and O–H groups in total. The molecule has 7 heteroatoms. The Morgan fingerprint density at radius 1 is 1.38 bits per heavy atom. The molecular formula is C17H16ClN3O2S. The van der Waals surface area contributed by atoms with E-state index in [0.717, 1.165) is 16.8 Å². The van der Waals surface area contributed by atoms with Crippen molar-refractivity contribution in [2.24, 2.45) is 0 Å². The van der Waals surface area contributed by atoms with Crippen molar-refractivity contribution >= 4 is 34.7 Å². The molecule has 0 bridgehead atoms. The van der Waals surface area contributed by atoms with E-state index >= 15 is 0 Å². The van der Waals surface area contributed by atoms with Crippen molar-refractivity contribution in [3.63, 3.8) is 0 Å². The number of rotatable bonds is 4. The summed E-state index contributed by atoms with van der Waals surface area (Å²) < 4.78 is 6.78. The van der Waals surface area contributed by atoms with E-state index in [-0.39, 0.29) is 0 Å². The zero-order chi connectivity index (χ0) is 17.3. The molecule has 0 atom stereocenters. The number of carbonyl (C=O) groups is 1. The Morgan fingerprint density at radius 2 is 2.08 bits per heavy atom. The van der Waals surface area contributed by atoms with Gasteiger partial charge in [-0.3, -0.25) is 4.57 Å². The Balaban J connectivity index is 1.97. The number of anilines is 1. The molecule has 0 spiro atoms. The Bertz CT molecular complexity index is 884. The molecule has 2 aromatic heterocycles. The number of nitrogen functional groups attached to an aromatic ring is 1. The van der Waals surface area contributed by atoms with Gasteiger partial charge >= 0.3 is 5.97 Å². The minimum atomic E-state index is -0.416. The maximum absolute atomic E-state index is 12.0. The van der Waals surface area contributed by atoms with Crippen LogP contribution in [0.25, 0.3) is 16.4 Å². The van der Waals surface area contributed by atoms with Gasteiger partial charge in [-0.2, -0.15) is 0 Å². The van der Waals surface area contributed by atoms with Crippen molar-refractivity contribution in [1.29, 1.82) is 0 Å². The van der Waals surface area contributed by atoms with Crippen LogP contribution in [0.15, 0.2) is 35.8 Å². The third kappa shape index (κ3) is 3.02. The monoisotopic (exact) mass is 361 g/mol. The number of benzene rings is 1. The van der Waals surface area contributed by atoms with Crippen LogP contribution in [0.1, 0.15) is 22.8 Å². The molecule has 0 unspecified atom stereocenters. The lowest BCUT2D eigenvalue weighted by molar-refractivity contribution is 0.0527. The first-order valence-electron chi connectivity index (χ1n) is 7.37. The number of hydrogen-bond donors (Lipinski definition) is 1. The van der Waals surface area contributed by atoms with Crippen molar-refractivity contribution in [2.75, 3.05) is 12.3 Å². The number of halogens is 1. The maximum atomic E-state index is 12.0. The smallest absolute Gasteiger partial charge is 0.342 e. The summed E-state index contributed by atoms with van der Waals surface area (Å²) in [4.78, 5) is 16.7. The fraction of sp³-hybridized carbons (Fsp3) is 0.176. The SMILES string of the molecule is CCOC(=O)c1c(C)cn(-c2nc(-c3ccc(Cl)cc3)cs2)c1N. The summed E-state index contributed by atoms with van der Waals surface area (Å²) in [6.07, 6.45) is 1.80. The van der Waals surface area contributed by atoms with Gasteiger partial charge in [0.1, 0.15) is 11.4 Å². The van der Waals surface area contributed by atoms with Gasteiger partial charge in [-0.25, -0.2) is 9.78 Å². The molecule has 0 aliphatic heterocycles. The van der Waals surface area contributed by atoms with E-state index in [9.17, 15) is 4.79 Å². The van der Waals surface area contributed by atoms with Crippen molar-refractivity contribution in [1.82, 2.24) is 9.55 Å². The molecule has 0 saturated heterocycles. The molecule has 0 fully saturated rings. The summed E-state index contributed by atoms with van der Waals surface area (Å²) >= 11 is 7.36. The lowest BCUT2D eigenvalue weighted by Crippen LogP contribution is -2.09. The topological polar surface area (TPSA) is 70.1 Å². The minimum absolute atomic E-state index is 0.306. The van der Waals surface area contributed by atoms with Crippen LogP contribution in [0.2, 0.25) is 5.02 Å². The molecule has 3 rings (SSSR count). The Morgan fingerprint density at radius 3 is 2.75 bits per heavy atom. The predicted molar refractivity (Wildman–Crippen MR) is 97.0 cm³/mol. The Labute approximate surface area is 148 Å². The van der Waals surface area contributed by atoms with Crippen LogP contribution >= 0.6 is 22.9 Å². The zero-order valence-corrected chi connectivity index (χ0v) is 14.8. The Kier molecular flexibility index (Phi) is 4.59. The van der Waals surface area contributed by atoms with E-state index in [1.807, 2.05) is 36.6 Å². The van der Waals surface area contributed by atoms with Gasteiger partial charge in [-0.1, -0.05) is 23.7 Å². The number of carbonyl (C=O) groups excluding carboxylic acids is 1. The molecule has 124 valence electrons. The summed E-state index contributed by atoms with van der Waals surface area (Å²) in [6, 6.07) is 7.47. The number of thiazole rings is 1. The molecule has 24 heavy (non-hydrogen) atoms. The van der Waals surface area contributed by atoms with Crippen LogP contribution in [-0.4, -0.2) is 22.1 Å². The van der Waals surface area contributed by atoms with Gasteiger partial charge in [0.25, 0.3) is 0 Å². The number of aromatic nitrogens is 2. The highest BCUT2D eigenvalue weighted by Crippen LogP contribution is 2.29. The van der Waals surface area contributed by atoms with E-state index in [0.29, 0.717) is 28.1 Å². The molecule has 1 aromatic carbocycles. The molecule has 0 saturated carbocycles. The van der Waals surface area contributed by atoms with Crippen molar-refractivity contribution in [3.05, 3.63) is 52.0 Å². The Hall–Kier alpha value is -2.31. The summed E-state index contributed by atoms with van der Waals surface area (Å²) in [5, 5.41) is 3.31. The third-order valence-corrected chi connectivity index (χ3v) is 4.64. The standard InChI is InChI=1S/C17H16ClN3O2S/c1-3-23-16(22)14-10(2)8-21(15(14)19)17-20-13(9-24-17)11-4-6-12(18)7-5-11/h4-9H,3,19H2,1-2H3. The average molecular weight is 362 g/mol. The minimum Gasteiger partial charge on any atom is -0.462 e. The maximum Gasteiger partial charge on any atom is 0.342 e. The summed E-state index contributed by atoms with van der Waals surface area (Å²) in [5.41, 5.74) is 9.09. The second kappa shape index (κ2) is 6.67. The van der Waals surface area contributed by atoms with Gasteiger partial charge in [0.2, 0.25) is 0 Å². The van der Waals surface area contributed by atoms with Crippen molar-refractivity contribution in [2.45, 2.75) is 13.8 Å². The van der Waals surface area contributed by atoms with Gasteiger partial charge < -0.3 is 10.5 Å². The lowest BCUT2D eigenvalue weighted by Gasteiger charge is -2.04. The molecule has 2 heterocycles. The predicted octanol–water partition coefficient (Wildman–Crippen LogP) is 4.32. The van der Waals surface area contributed by atoms with E-state index in [2.05, 4.69) is 4.98 Å². The van der Waals surface area contributed by atoms with E-state index < -0.39 is 5.97 Å². The number of nitrogens with zero attached hydrogens (tertiary/aromatic N) is 2. The first kappa shape index (κ1) is 16.5. The van der Waals surface area contributed by atoms with Crippen LogP contribution in [0, 0.1) is 6.92 Å². The largest absolute Gasteiger partial charge is 0.462 e. The van der Waals surface area contributed by atoms with Crippen LogP contribution in [0.3, 0.4) is 0 Å². The van der Waals surface area contributed by atoms with Gasteiger partial charge in [0.05, 0.1) is 12.3 Å². The van der Waals surface area contributed by atoms with E-state index in [1.54, 1.807) is 17.7 Å². The number of aryl methyl sites for hydroxylation is 1. The average Bonchev–Trinajstić information content (AvgIpc) is 3.13. The van der Waals surface area contributed by atoms with E-state index in [1.165, 1.54) is 11.3 Å². The molecule has 0 aliphatic rings. The van der Waals surface area contributed by atoms with Crippen LogP contribution in [0.5, 0.6) is 0 Å². The normalized spacial score (nSPS) is 10.8. The summed E-state index contributed by atoms with van der Waals surface area (Å²) in [5.74, 6) is -0.0799. The highest BCUT2D eigenvalue weighted by atomic mass is 35.5. The number of nitrogens with two attached hydrogens (primary N) is 1. The molecule has 0 aliphatic carbocycles. The quantitative estimate of drug-likeness (QED) is 0.702. The number of hydrogen-bond acceptors (Lipinski definition) is 5. The first-order valence-corrected chi connectivity index (χ1v) is 8.63. The van der Waals surface area contributed by atoms with Gasteiger partial charge in [-0.15, -0.1) is 11.3 Å². The first-order chi connectivity index (χ1) is 11.5. The molecule has 0 radical (unpaired) electrons. The second-order valence-electron chi connectivity index (χ2n) is 5.19. The molecule has 5 nitrogen and oxygen atoms in total. The number of esters is 1. The lowest BCUT2D eigenvalue weighted by atomic mass is 10.2. The fourth-order valence-electron chi connectivity index (χ4n) is 2.41. The molecule has 0 amide bonds. The van der Waals surface area contributed by atoms with Crippen molar-refractivity contribution < 1.29 is 9.53 Å². The van der Waals surface area contributed by atoms with Gasteiger partial charge in [0, 0.05) is 22.2 Å². The second-order valence-corrected chi connectivity index (χ2v) is 6.46. The van der Waals surface area contributed by atoms with Crippen LogP contribution < -0.4 is 5.73 Å². The summed E-state index contributed by atoms with van der Waals surface area (Å²) in [7, 11) is 0. The van der Waals surface area contributed by atoms with Gasteiger partial charge in [0.15, 0.2) is 5.13 Å². The van der Waals surface area contributed by atoms with Crippen molar-refractivity contribution in [3.8, 4) is 16.4 Å². The molecule has 3 aromatic rings. The fourth-order valence-corrected chi connectivity index (χ4v) is 3.35. The highest BCUT2D eigenvalue weighted by molar-refractivity contribution is 7.12. The molecular weight excluding hydrogens is 346 g/mol.